The fraction of sp³-hybridized carbons (Fsp3) is 0.577. The van der Waals surface area contributed by atoms with Gasteiger partial charge in [-0.15, -0.1) is 0 Å². The molecule has 1 aromatic carbocycles. The molecule has 1 aromatic heterocycles. The zero-order chi connectivity index (χ0) is 23.0. The van der Waals surface area contributed by atoms with Crippen LogP contribution in [0.2, 0.25) is 0 Å². The molecule has 6 nitrogen and oxygen atoms in total. The van der Waals surface area contributed by atoms with Crippen LogP contribution in [0, 0.1) is 11.8 Å². The van der Waals surface area contributed by atoms with Crippen molar-refractivity contribution in [1.29, 1.82) is 0 Å². The Morgan fingerprint density at radius 2 is 1.64 bits per heavy atom. The molecule has 7 heteroatoms. The molecule has 2 aliphatic heterocycles. The average Bonchev–Trinajstić information content (AvgIpc) is 2.82. The van der Waals surface area contributed by atoms with Crippen molar-refractivity contribution in [2.45, 2.75) is 52.4 Å². The predicted octanol–water partition coefficient (Wildman–Crippen LogP) is 4.87. The number of benzene rings is 1. The Morgan fingerprint density at radius 3 is 2.33 bits per heavy atom. The number of hydrogen-bond donors (Lipinski definition) is 2. The topological polar surface area (TPSA) is 56.3 Å². The number of thiocarbonyl (C=S) groups is 1. The summed E-state index contributed by atoms with van der Waals surface area (Å²) < 4.78 is 0. The van der Waals surface area contributed by atoms with Crippen LogP contribution >= 0.6 is 12.2 Å². The number of nitrogens with one attached hydrogen (secondary N) is 2. The van der Waals surface area contributed by atoms with Gasteiger partial charge in [0.05, 0.1) is 0 Å². The summed E-state index contributed by atoms with van der Waals surface area (Å²) in [4.78, 5) is 14.6. The van der Waals surface area contributed by atoms with Gasteiger partial charge in [0.15, 0.2) is 5.11 Å². The highest BCUT2D eigenvalue weighted by Gasteiger charge is 2.25. The van der Waals surface area contributed by atoms with Crippen LogP contribution in [0.1, 0.15) is 51.5 Å². The first-order valence-electron chi connectivity index (χ1n) is 12.5. The third kappa shape index (κ3) is 7.03. The van der Waals surface area contributed by atoms with Crippen molar-refractivity contribution >= 4 is 34.9 Å². The Balaban J connectivity index is 1.41. The van der Waals surface area contributed by atoms with Crippen LogP contribution in [-0.4, -0.2) is 47.8 Å². The highest BCUT2D eigenvalue weighted by atomic mass is 32.1. The highest BCUT2D eigenvalue weighted by Crippen LogP contribution is 2.29. The van der Waals surface area contributed by atoms with Crippen molar-refractivity contribution in [3.63, 3.8) is 0 Å². The SMILES string of the molecule is C[C@H]1C[C@H](C)CN(c2cc(N3CCCCC3)nc(NC(=S)NCCCc3ccccc3)n2)C1. The summed E-state index contributed by atoms with van der Waals surface area (Å²) in [6.07, 6.45) is 7.09. The van der Waals surface area contributed by atoms with Gasteiger partial charge >= 0.3 is 0 Å². The molecule has 0 unspecified atom stereocenters. The van der Waals surface area contributed by atoms with Gasteiger partial charge < -0.3 is 20.4 Å². The standard InChI is InChI=1S/C26H38N6S/c1-20-16-21(2)19-32(18-20)24-17-23(31-14-7-4-8-15-31)28-25(29-24)30-26(33)27-13-9-12-22-10-5-3-6-11-22/h3,5-6,10-11,17,20-21H,4,7-9,12-16,18-19H2,1-2H3,(H2,27,28,29,30,33)/t20-,21-/m0/s1. The third-order valence-corrected chi connectivity index (χ3v) is 6.81. The molecule has 4 rings (SSSR count). The molecule has 2 saturated heterocycles. The summed E-state index contributed by atoms with van der Waals surface area (Å²) in [5.41, 5.74) is 1.35. The Labute approximate surface area is 204 Å². The van der Waals surface area contributed by atoms with Crippen LogP contribution in [0.5, 0.6) is 0 Å². The Morgan fingerprint density at radius 1 is 0.970 bits per heavy atom. The van der Waals surface area contributed by atoms with Gasteiger partial charge in [0.25, 0.3) is 0 Å². The zero-order valence-corrected chi connectivity index (χ0v) is 20.9. The Kier molecular flexibility index (Phi) is 8.37. The second-order valence-corrected chi connectivity index (χ2v) is 10.2. The van der Waals surface area contributed by atoms with Gasteiger partial charge in [0.1, 0.15) is 11.6 Å². The maximum Gasteiger partial charge on any atom is 0.232 e. The van der Waals surface area contributed by atoms with Gasteiger partial charge in [-0.25, -0.2) is 0 Å². The molecule has 2 aromatic rings. The van der Waals surface area contributed by atoms with Crippen molar-refractivity contribution in [2.24, 2.45) is 11.8 Å². The van der Waals surface area contributed by atoms with Crippen molar-refractivity contribution in [3.8, 4) is 0 Å². The molecule has 0 amide bonds. The van der Waals surface area contributed by atoms with E-state index in [0.29, 0.717) is 22.9 Å². The molecule has 0 saturated carbocycles. The lowest BCUT2D eigenvalue weighted by Gasteiger charge is -2.36. The lowest BCUT2D eigenvalue weighted by Crippen LogP contribution is -2.40. The zero-order valence-electron chi connectivity index (χ0n) is 20.1. The minimum absolute atomic E-state index is 0.588. The fourth-order valence-corrected chi connectivity index (χ4v) is 5.25. The van der Waals surface area contributed by atoms with Gasteiger partial charge in [0.2, 0.25) is 5.95 Å². The van der Waals surface area contributed by atoms with E-state index in [4.69, 9.17) is 22.2 Å². The van der Waals surface area contributed by atoms with Gasteiger partial charge in [-0.2, -0.15) is 9.97 Å². The van der Waals surface area contributed by atoms with Crippen molar-refractivity contribution in [3.05, 3.63) is 42.0 Å². The molecule has 0 spiro atoms. The molecule has 0 bridgehead atoms. The van der Waals surface area contributed by atoms with Crippen molar-refractivity contribution < 1.29 is 0 Å². The highest BCUT2D eigenvalue weighted by molar-refractivity contribution is 7.80. The lowest BCUT2D eigenvalue weighted by molar-refractivity contribution is 0.355. The molecule has 33 heavy (non-hydrogen) atoms. The van der Waals surface area contributed by atoms with E-state index in [1.807, 2.05) is 0 Å². The maximum atomic E-state index is 5.57. The van der Waals surface area contributed by atoms with Crippen LogP contribution in [0.25, 0.3) is 0 Å². The van der Waals surface area contributed by atoms with Gasteiger partial charge in [0, 0.05) is 38.8 Å². The summed E-state index contributed by atoms with van der Waals surface area (Å²) in [5.74, 6) is 3.97. The van der Waals surface area contributed by atoms with Crippen molar-refractivity contribution in [1.82, 2.24) is 15.3 Å². The number of rotatable bonds is 7. The van der Waals surface area contributed by atoms with E-state index in [-0.39, 0.29) is 0 Å². The number of piperidine rings is 2. The van der Waals surface area contributed by atoms with Crippen molar-refractivity contribution in [2.75, 3.05) is 47.8 Å². The molecule has 178 valence electrons. The van der Waals surface area contributed by atoms with E-state index in [9.17, 15) is 0 Å². The third-order valence-electron chi connectivity index (χ3n) is 6.57. The minimum atomic E-state index is 0.588. The number of hydrogen-bond acceptors (Lipinski definition) is 5. The fourth-order valence-electron chi connectivity index (χ4n) is 5.06. The average molecular weight is 467 g/mol. The summed E-state index contributed by atoms with van der Waals surface area (Å²) in [6, 6.07) is 12.7. The molecule has 3 heterocycles. The molecule has 0 radical (unpaired) electrons. The van der Waals surface area contributed by atoms with Gasteiger partial charge in [-0.05, 0) is 68.1 Å². The minimum Gasteiger partial charge on any atom is -0.362 e. The largest absolute Gasteiger partial charge is 0.362 e. The maximum absolute atomic E-state index is 5.57. The summed E-state index contributed by atoms with van der Waals surface area (Å²) >= 11 is 5.57. The molecule has 0 aliphatic carbocycles. The van der Waals surface area contributed by atoms with Crippen LogP contribution < -0.4 is 20.4 Å². The normalized spacial score (nSPS) is 21.0. The van der Waals surface area contributed by atoms with E-state index >= 15 is 0 Å². The Hall–Kier alpha value is -2.41. The van der Waals surface area contributed by atoms with E-state index in [0.717, 1.165) is 57.2 Å². The van der Waals surface area contributed by atoms with E-state index in [2.05, 4.69) is 70.7 Å². The molecular weight excluding hydrogens is 428 g/mol. The summed E-state index contributed by atoms with van der Waals surface area (Å²) in [6.45, 7) is 9.70. The number of nitrogens with zero attached hydrogens (tertiary/aromatic N) is 4. The Bertz CT molecular complexity index is 889. The van der Waals surface area contributed by atoms with Crippen LogP contribution in [0.15, 0.2) is 36.4 Å². The van der Waals surface area contributed by atoms with Gasteiger partial charge in [-0.1, -0.05) is 44.2 Å². The number of anilines is 3. The first-order valence-corrected chi connectivity index (χ1v) is 13.0. The first-order chi connectivity index (χ1) is 16.1. The predicted molar refractivity (Wildman–Crippen MR) is 142 cm³/mol. The van der Waals surface area contributed by atoms with Crippen LogP contribution in [-0.2, 0) is 6.42 Å². The molecular formula is C26H38N6S. The van der Waals surface area contributed by atoms with Gasteiger partial charge in [-0.3, -0.25) is 0 Å². The quantitative estimate of drug-likeness (QED) is 0.446. The second-order valence-electron chi connectivity index (χ2n) is 9.78. The smallest absolute Gasteiger partial charge is 0.232 e. The second kappa shape index (κ2) is 11.6. The molecule has 2 aliphatic rings. The van der Waals surface area contributed by atoms with E-state index in [1.54, 1.807) is 0 Å². The molecule has 2 fully saturated rings. The number of aryl methyl sites for hydroxylation is 1. The number of aromatic nitrogens is 2. The van der Waals surface area contributed by atoms with Crippen LogP contribution in [0.3, 0.4) is 0 Å². The monoisotopic (exact) mass is 466 g/mol. The first kappa shape index (κ1) is 23.7. The van der Waals surface area contributed by atoms with E-state index < -0.39 is 0 Å². The summed E-state index contributed by atoms with van der Waals surface area (Å²) in [5, 5.41) is 7.18. The lowest BCUT2D eigenvalue weighted by atomic mass is 9.92. The van der Waals surface area contributed by atoms with E-state index in [1.165, 1.54) is 31.2 Å². The summed E-state index contributed by atoms with van der Waals surface area (Å²) in [7, 11) is 0. The van der Waals surface area contributed by atoms with Crippen LogP contribution in [0.4, 0.5) is 17.6 Å². The molecule has 2 atom stereocenters. The molecule has 2 N–H and O–H groups in total.